The van der Waals surface area contributed by atoms with Crippen LogP contribution < -0.4 is 5.32 Å². The van der Waals surface area contributed by atoms with Gasteiger partial charge in [0.1, 0.15) is 11.5 Å². The largest absolute Gasteiger partial charge is 0.462 e. The number of rotatable bonds is 8. The molecule has 0 radical (unpaired) electrons. The molecule has 0 aliphatic carbocycles. The van der Waals surface area contributed by atoms with E-state index in [9.17, 15) is 9.59 Å². The Morgan fingerprint density at radius 2 is 1.90 bits per heavy atom. The number of anilines is 1. The van der Waals surface area contributed by atoms with E-state index in [-0.39, 0.29) is 5.91 Å². The summed E-state index contributed by atoms with van der Waals surface area (Å²) in [7, 11) is 0. The number of hydrogen-bond acceptors (Lipinski definition) is 5. The molecule has 160 valence electrons. The number of benzene rings is 2. The lowest BCUT2D eigenvalue weighted by atomic mass is 10.1. The van der Waals surface area contributed by atoms with Gasteiger partial charge >= 0.3 is 5.97 Å². The molecule has 1 heterocycles. The summed E-state index contributed by atoms with van der Waals surface area (Å²) in [6, 6.07) is 15.8. The average Bonchev–Trinajstić information content (AvgIpc) is 3.22. The SMILES string of the molecule is CCCCOC(=O)c1cc(-c2ccc(C=Nc3ccc(NC(C)=O)cc3)o2)ccc1Cl. The molecule has 0 bridgehead atoms. The van der Waals surface area contributed by atoms with Gasteiger partial charge in [0.15, 0.2) is 0 Å². The van der Waals surface area contributed by atoms with E-state index in [4.69, 9.17) is 20.8 Å². The van der Waals surface area contributed by atoms with Crippen molar-refractivity contribution in [3.63, 3.8) is 0 Å². The van der Waals surface area contributed by atoms with Crippen molar-refractivity contribution in [1.29, 1.82) is 0 Å². The highest BCUT2D eigenvalue weighted by molar-refractivity contribution is 6.33. The van der Waals surface area contributed by atoms with Gasteiger partial charge in [0.2, 0.25) is 5.91 Å². The van der Waals surface area contributed by atoms with Crippen LogP contribution in [0.1, 0.15) is 42.8 Å². The summed E-state index contributed by atoms with van der Waals surface area (Å²) in [6.07, 6.45) is 3.35. The fourth-order valence-corrected chi connectivity index (χ4v) is 2.97. The minimum absolute atomic E-state index is 0.126. The molecule has 7 heteroatoms. The highest BCUT2D eigenvalue weighted by Crippen LogP contribution is 2.27. The second kappa shape index (κ2) is 10.6. The van der Waals surface area contributed by atoms with E-state index in [2.05, 4.69) is 10.3 Å². The van der Waals surface area contributed by atoms with Crippen LogP contribution >= 0.6 is 11.6 Å². The predicted octanol–water partition coefficient (Wildman–Crippen LogP) is 6.27. The predicted molar refractivity (Wildman–Crippen MR) is 122 cm³/mol. The topological polar surface area (TPSA) is 80.9 Å². The molecule has 0 atom stereocenters. The highest BCUT2D eigenvalue weighted by atomic mass is 35.5. The van der Waals surface area contributed by atoms with Gasteiger partial charge in [-0.15, -0.1) is 0 Å². The molecule has 0 saturated heterocycles. The van der Waals surface area contributed by atoms with Crippen molar-refractivity contribution < 1.29 is 18.7 Å². The van der Waals surface area contributed by atoms with E-state index in [1.807, 2.05) is 6.92 Å². The Morgan fingerprint density at radius 1 is 1.13 bits per heavy atom. The molecule has 0 aliphatic heterocycles. The third kappa shape index (κ3) is 6.30. The first-order valence-corrected chi connectivity index (χ1v) is 10.3. The summed E-state index contributed by atoms with van der Waals surface area (Å²) < 4.78 is 11.1. The number of nitrogens with one attached hydrogen (secondary N) is 1. The Bertz CT molecular complexity index is 1090. The van der Waals surface area contributed by atoms with Gasteiger partial charge in [0.05, 0.1) is 29.1 Å². The lowest BCUT2D eigenvalue weighted by molar-refractivity contribution is -0.114. The number of ether oxygens (including phenoxy) is 1. The number of carbonyl (C=O) groups excluding carboxylic acids is 2. The quantitative estimate of drug-likeness (QED) is 0.255. The number of unbranched alkanes of at least 4 members (excludes halogenated alkanes) is 1. The van der Waals surface area contributed by atoms with E-state index >= 15 is 0 Å². The van der Waals surface area contributed by atoms with Crippen LogP contribution in [0.4, 0.5) is 11.4 Å². The number of amides is 1. The van der Waals surface area contributed by atoms with Crippen LogP contribution in [-0.2, 0) is 9.53 Å². The lowest BCUT2D eigenvalue weighted by Crippen LogP contribution is -2.07. The van der Waals surface area contributed by atoms with Crippen molar-refractivity contribution in [1.82, 2.24) is 0 Å². The Morgan fingerprint density at radius 3 is 2.61 bits per heavy atom. The van der Waals surface area contributed by atoms with E-state index < -0.39 is 5.97 Å². The van der Waals surface area contributed by atoms with Gasteiger partial charge in [-0.2, -0.15) is 0 Å². The summed E-state index contributed by atoms with van der Waals surface area (Å²) in [5.74, 6) is 0.569. The maximum absolute atomic E-state index is 12.3. The molecule has 0 aliphatic rings. The number of furan rings is 1. The summed E-state index contributed by atoms with van der Waals surface area (Å²) in [5.41, 5.74) is 2.45. The second-order valence-electron chi connectivity index (χ2n) is 6.87. The molecule has 1 amide bonds. The van der Waals surface area contributed by atoms with E-state index in [0.29, 0.717) is 40.0 Å². The van der Waals surface area contributed by atoms with Gasteiger partial charge in [-0.05, 0) is 61.0 Å². The summed E-state index contributed by atoms with van der Waals surface area (Å²) in [4.78, 5) is 27.7. The Kier molecular flexibility index (Phi) is 7.62. The van der Waals surface area contributed by atoms with Crippen molar-refractivity contribution >= 4 is 41.1 Å². The fraction of sp³-hybridized carbons (Fsp3) is 0.208. The molecule has 0 spiro atoms. The zero-order chi connectivity index (χ0) is 22.2. The molecule has 31 heavy (non-hydrogen) atoms. The minimum atomic E-state index is -0.448. The number of carbonyl (C=O) groups is 2. The van der Waals surface area contributed by atoms with Gasteiger partial charge in [-0.1, -0.05) is 24.9 Å². The van der Waals surface area contributed by atoms with Crippen LogP contribution in [0.25, 0.3) is 11.3 Å². The Hall–Kier alpha value is -3.38. The molecule has 2 aromatic carbocycles. The monoisotopic (exact) mass is 438 g/mol. The average molecular weight is 439 g/mol. The van der Waals surface area contributed by atoms with Crippen molar-refractivity contribution in [2.75, 3.05) is 11.9 Å². The minimum Gasteiger partial charge on any atom is -0.462 e. The molecule has 0 unspecified atom stereocenters. The maximum Gasteiger partial charge on any atom is 0.339 e. The normalized spacial score (nSPS) is 10.9. The Balaban J connectivity index is 1.71. The van der Waals surface area contributed by atoms with Crippen LogP contribution in [-0.4, -0.2) is 24.7 Å². The summed E-state index contributed by atoms with van der Waals surface area (Å²) in [5, 5.41) is 3.04. The third-order valence-corrected chi connectivity index (χ3v) is 4.69. The Labute approximate surface area is 185 Å². The van der Waals surface area contributed by atoms with E-state index in [1.165, 1.54) is 6.92 Å². The van der Waals surface area contributed by atoms with E-state index in [1.54, 1.807) is 60.8 Å². The summed E-state index contributed by atoms with van der Waals surface area (Å²) in [6.45, 7) is 3.85. The third-order valence-electron chi connectivity index (χ3n) is 4.36. The first kappa shape index (κ1) is 22.3. The zero-order valence-electron chi connectivity index (χ0n) is 17.4. The highest BCUT2D eigenvalue weighted by Gasteiger charge is 2.14. The fourth-order valence-electron chi connectivity index (χ4n) is 2.77. The van der Waals surface area contributed by atoms with Crippen molar-refractivity contribution in [3.8, 4) is 11.3 Å². The van der Waals surface area contributed by atoms with Crippen LogP contribution in [0, 0.1) is 0 Å². The van der Waals surface area contributed by atoms with Gasteiger partial charge in [0, 0.05) is 18.2 Å². The molecule has 3 aromatic rings. The summed E-state index contributed by atoms with van der Waals surface area (Å²) >= 11 is 6.18. The number of hydrogen-bond donors (Lipinski definition) is 1. The molecule has 3 rings (SSSR count). The van der Waals surface area contributed by atoms with Gasteiger partial charge in [0.25, 0.3) is 0 Å². The molecule has 6 nitrogen and oxygen atoms in total. The van der Waals surface area contributed by atoms with Crippen molar-refractivity contribution in [3.05, 3.63) is 70.9 Å². The molecular formula is C24H23ClN2O4. The molecule has 1 aromatic heterocycles. The number of esters is 1. The number of aliphatic imine (C=N–C) groups is 1. The van der Waals surface area contributed by atoms with Crippen LogP contribution in [0.5, 0.6) is 0 Å². The first-order valence-electron chi connectivity index (χ1n) is 9.95. The smallest absolute Gasteiger partial charge is 0.339 e. The van der Waals surface area contributed by atoms with Gasteiger partial charge in [-0.25, -0.2) is 4.79 Å². The lowest BCUT2D eigenvalue weighted by Gasteiger charge is -2.07. The van der Waals surface area contributed by atoms with E-state index in [0.717, 1.165) is 18.5 Å². The van der Waals surface area contributed by atoms with Crippen molar-refractivity contribution in [2.45, 2.75) is 26.7 Å². The first-order chi connectivity index (χ1) is 15.0. The van der Waals surface area contributed by atoms with Crippen LogP contribution in [0.3, 0.4) is 0 Å². The molecule has 0 fully saturated rings. The van der Waals surface area contributed by atoms with Gasteiger partial charge in [-0.3, -0.25) is 9.79 Å². The number of nitrogens with zero attached hydrogens (tertiary/aromatic N) is 1. The zero-order valence-corrected chi connectivity index (χ0v) is 18.1. The standard InChI is InChI=1S/C24H23ClN2O4/c1-3-4-13-30-24(29)21-14-17(5-11-22(21)25)23-12-10-20(31-23)15-26-18-6-8-19(9-7-18)27-16(2)28/h5-12,14-15H,3-4,13H2,1-2H3,(H,27,28). The van der Waals surface area contributed by atoms with Crippen molar-refractivity contribution in [2.24, 2.45) is 4.99 Å². The maximum atomic E-state index is 12.3. The second-order valence-corrected chi connectivity index (χ2v) is 7.28. The number of halogens is 1. The molecule has 1 N–H and O–H groups in total. The van der Waals surface area contributed by atoms with Crippen LogP contribution in [0.2, 0.25) is 5.02 Å². The van der Waals surface area contributed by atoms with Gasteiger partial charge < -0.3 is 14.5 Å². The van der Waals surface area contributed by atoms with Crippen LogP contribution in [0.15, 0.2) is 64.0 Å². The molecule has 0 saturated carbocycles. The molecular weight excluding hydrogens is 416 g/mol.